The molecule has 0 unspecified atom stereocenters. The summed E-state index contributed by atoms with van der Waals surface area (Å²) >= 11 is 3.20. The summed E-state index contributed by atoms with van der Waals surface area (Å²) in [6, 6.07) is 0. The fourth-order valence-electron chi connectivity index (χ4n) is 0.351. The number of halogens is 18. The van der Waals surface area contributed by atoms with Crippen molar-refractivity contribution in [3.05, 3.63) is 34.2 Å². The fraction of sp³-hybridized carbons (Fsp3) is 0. The first kappa shape index (κ1) is 39.2. The molecule has 0 fully saturated rings. The van der Waals surface area contributed by atoms with Gasteiger partial charge in [0.2, 0.25) is 0 Å². The molecule has 0 aliphatic heterocycles. The molecular formula is C6H6F18IrN2P3S2. The molecule has 32 heavy (non-hydrogen) atoms. The largest absolute Gasteiger partial charge is 3.00 e. The molecule has 0 amide bonds. The fourth-order valence-corrected chi connectivity index (χ4v) is 1.05. The predicted octanol–water partition coefficient (Wildman–Crippen LogP) is 12.4. The first-order valence-electron chi connectivity index (χ1n) is 5.68. The number of hydrogen-bond donors (Lipinski definition) is 0. The number of hydrogen-bond acceptors (Lipinski definition) is 4. The molecule has 0 saturated heterocycles. The minimum absolute atomic E-state index is 0. The maximum Gasteiger partial charge on any atom is 3.00 e. The van der Waals surface area contributed by atoms with Gasteiger partial charge in [-0.1, -0.05) is 0 Å². The topological polar surface area (TPSA) is 25.8 Å². The standard InChI is InChI=1S/2C3H3NS.3F6P.Ir/c2*1-2-5-3-4-1;3*1-7(2,3,4,5)6;/h2*1-3H;;;;/q;;3*-1;+3. The summed E-state index contributed by atoms with van der Waals surface area (Å²) in [6.45, 7) is 0. The second-order valence-corrected chi connectivity index (χ2v) is 11.5. The summed E-state index contributed by atoms with van der Waals surface area (Å²) in [6.07, 6.45) is 3.54. The van der Waals surface area contributed by atoms with Crippen molar-refractivity contribution in [3.63, 3.8) is 0 Å². The molecule has 0 saturated carbocycles. The minimum Gasteiger partial charge on any atom is -0.253 e. The van der Waals surface area contributed by atoms with Crippen molar-refractivity contribution in [3.8, 4) is 0 Å². The number of thiazole rings is 2. The van der Waals surface area contributed by atoms with E-state index in [0.717, 1.165) is 0 Å². The van der Waals surface area contributed by atoms with Gasteiger partial charge in [0.1, 0.15) is 0 Å². The van der Waals surface area contributed by atoms with Crippen LogP contribution in [0.2, 0.25) is 0 Å². The SMILES string of the molecule is F[P-](F)(F)(F)(F)F.F[P-](F)(F)(F)(F)F.F[P-](F)(F)(F)(F)F.[Ir+3].c1cscn1.c1cscn1. The Kier molecular flexibility index (Phi) is 11.2. The third kappa shape index (κ3) is 254. The molecule has 2 rings (SSSR count). The molecule has 202 valence electrons. The molecule has 2 aromatic rings. The normalized spacial score (nSPS) is 17.7. The van der Waals surface area contributed by atoms with Gasteiger partial charge in [-0.15, -0.1) is 22.7 Å². The van der Waals surface area contributed by atoms with Gasteiger partial charge in [0.25, 0.3) is 0 Å². The minimum atomic E-state index is -10.7. The van der Waals surface area contributed by atoms with Crippen LogP contribution in [0.1, 0.15) is 0 Å². The average molecular weight is 797 g/mol. The van der Waals surface area contributed by atoms with E-state index < -0.39 is 23.4 Å². The molecule has 0 radical (unpaired) electrons. The van der Waals surface area contributed by atoms with Gasteiger partial charge in [0.05, 0.1) is 11.0 Å². The van der Waals surface area contributed by atoms with Gasteiger partial charge in [-0.25, -0.2) is 0 Å². The molecule has 0 N–H and O–H groups in total. The first-order valence-corrected chi connectivity index (χ1v) is 13.7. The van der Waals surface area contributed by atoms with Gasteiger partial charge in [0, 0.05) is 23.2 Å². The molecule has 0 aliphatic carbocycles. The second-order valence-electron chi connectivity index (χ2n) is 4.23. The summed E-state index contributed by atoms with van der Waals surface area (Å²) in [5.41, 5.74) is 3.58. The van der Waals surface area contributed by atoms with Crippen LogP contribution >= 0.6 is 46.1 Å². The quantitative estimate of drug-likeness (QED) is 0.196. The van der Waals surface area contributed by atoms with Crippen LogP contribution in [0.25, 0.3) is 0 Å². The van der Waals surface area contributed by atoms with Gasteiger partial charge in [-0.05, 0) is 0 Å². The van der Waals surface area contributed by atoms with Crippen molar-refractivity contribution in [2.24, 2.45) is 0 Å². The van der Waals surface area contributed by atoms with Crippen molar-refractivity contribution < 1.29 is 95.6 Å². The Hall–Kier alpha value is -0.0606. The van der Waals surface area contributed by atoms with Crippen molar-refractivity contribution in [2.75, 3.05) is 0 Å². The van der Waals surface area contributed by atoms with Crippen LogP contribution in [0.3, 0.4) is 0 Å². The molecule has 26 heteroatoms. The molecule has 2 nitrogen and oxygen atoms in total. The summed E-state index contributed by atoms with van der Waals surface area (Å²) in [7, 11) is -32.0. The van der Waals surface area contributed by atoms with Crippen LogP contribution in [-0.4, -0.2) is 9.97 Å². The van der Waals surface area contributed by atoms with E-state index >= 15 is 0 Å². The summed E-state index contributed by atoms with van der Waals surface area (Å²) < 4.78 is 178. The monoisotopic (exact) mass is 798 g/mol. The van der Waals surface area contributed by atoms with Crippen molar-refractivity contribution >= 4 is 46.1 Å². The van der Waals surface area contributed by atoms with E-state index in [-0.39, 0.29) is 20.1 Å². The Labute approximate surface area is 186 Å². The summed E-state index contributed by atoms with van der Waals surface area (Å²) in [5, 5.41) is 3.86. The van der Waals surface area contributed by atoms with E-state index in [1.54, 1.807) is 46.1 Å². The Balaban J connectivity index is -0.000000153. The summed E-state index contributed by atoms with van der Waals surface area (Å²) in [5.74, 6) is 0. The van der Waals surface area contributed by atoms with E-state index in [0.29, 0.717) is 0 Å². The zero-order valence-electron chi connectivity index (χ0n) is 13.7. The number of aromatic nitrogens is 2. The van der Waals surface area contributed by atoms with Crippen LogP contribution in [0.15, 0.2) is 34.2 Å². The van der Waals surface area contributed by atoms with Crippen molar-refractivity contribution in [1.29, 1.82) is 0 Å². The number of rotatable bonds is 0. The van der Waals surface area contributed by atoms with Crippen LogP contribution in [-0.2, 0) is 20.1 Å². The zero-order chi connectivity index (χ0) is 26.3. The van der Waals surface area contributed by atoms with Gasteiger partial charge in [-0.3, -0.25) is 9.97 Å². The van der Waals surface area contributed by atoms with E-state index in [2.05, 4.69) is 9.97 Å². The van der Waals surface area contributed by atoms with E-state index in [1.165, 1.54) is 0 Å². The smallest absolute Gasteiger partial charge is 0.253 e. The molecular weight excluding hydrogens is 791 g/mol. The zero-order valence-corrected chi connectivity index (χ0v) is 20.4. The van der Waals surface area contributed by atoms with E-state index in [1.807, 2.05) is 10.8 Å². The molecule has 0 spiro atoms. The van der Waals surface area contributed by atoms with Crippen molar-refractivity contribution in [1.82, 2.24) is 9.97 Å². The number of nitrogens with zero attached hydrogens (tertiary/aromatic N) is 2. The second kappa shape index (κ2) is 9.19. The molecule has 0 atom stereocenters. The molecule has 2 heterocycles. The van der Waals surface area contributed by atoms with Crippen molar-refractivity contribution in [2.45, 2.75) is 0 Å². The van der Waals surface area contributed by atoms with E-state index in [4.69, 9.17) is 0 Å². The predicted molar refractivity (Wildman–Crippen MR) is 84.9 cm³/mol. The Bertz CT molecular complexity index is 582. The summed E-state index contributed by atoms with van der Waals surface area (Å²) in [4.78, 5) is 7.48. The van der Waals surface area contributed by atoms with Gasteiger partial charge in [0.15, 0.2) is 0 Å². The maximum absolute atomic E-state index is 10.7. The third-order valence-electron chi connectivity index (χ3n) is 0.694. The van der Waals surface area contributed by atoms with E-state index in [9.17, 15) is 75.5 Å². The Morgan fingerprint density at radius 1 is 0.406 bits per heavy atom. The third-order valence-corrected chi connectivity index (χ3v) is 1.74. The molecule has 0 bridgehead atoms. The van der Waals surface area contributed by atoms with Crippen LogP contribution in [0.5, 0.6) is 0 Å². The van der Waals surface area contributed by atoms with Gasteiger partial charge in [-0.2, -0.15) is 0 Å². The average Bonchev–Trinajstić information content (AvgIpc) is 2.95. The Morgan fingerprint density at radius 2 is 0.562 bits per heavy atom. The first-order chi connectivity index (χ1) is 12.3. The Morgan fingerprint density at radius 3 is 0.594 bits per heavy atom. The molecule has 2 aromatic heterocycles. The van der Waals surface area contributed by atoms with Crippen LogP contribution in [0, 0.1) is 0 Å². The maximum atomic E-state index is 9.87. The van der Waals surface area contributed by atoms with Crippen LogP contribution in [0.4, 0.5) is 75.5 Å². The molecule has 0 aliphatic rings. The van der Waals surface area contributed by atoms with Gasteiger partial charge >= 0.3 is 119 Å². The van der Waals surface area contributed by atoms with Crippen LogP contribution < -0.4 is 0 Å². The van der Waals surface area contributed by atoms with Gasteiger partial charge < -0.3 is 0 Å². The molecule has 0 aromatic carbocycles.